The van der Waals surface area contributed by atoms with Gasteiger partial charge >= 0.3 is 105 Å². The summed E-state index contributed by atoms with van der Waals surface area (Å²) < 4.78 is 6.04. The molecule has 0 spiro atoms. The Morgan fingerprint density at radius 2 is 1.56 bits per heavy atom. The van der Waals surface area contributed by atoms with Gasteiger partial charge in [-0.15, -0.1) is 0 Å². The zero-order chi connectivity index (χ0) is 12.0. The number of nitrogens with zero attached hydrogens (tertiary/aromatic N) is 1. The maximum atomic E-state index is 2.40. The van der Waals surface area contributed by atoms with Crippen molar-refractivity contribution in [3.8, 4) is 0 Å². The molecule has 0 bridgehead atoms. The molecule has 0 aromatic heterocycles. The van der Waals surface area contributed by atoms with Crippen LogP contribution < -0.4 is 3.58 Å². The van der Waals surface area contributed by atoms with Crippen LogP contribution in [0.5, 0.6) is 0 Å². The van der Waals surface area contributed by atoms with Gasteiger partial charge in [0.15, 0.2) is 0 Å². The van der Waals surface area contributed by atoms with E-state index in [9.17, 15) is 0 Å². The normalized spacial score (nSPS) is 12.1. The van der Waals surface area contributed by atoms with E-state index in [0.29, 0.717) is 0 Å². The van der Waals surface area contributed by atoms with Crippen LogP contribution in [0.15, 0.2) is 30.3 Å². The van der Waals surface area contributed by atoms with Gasteiger partial charge in [0.25, 0.3) is 0 Å². The van der Waals surface area contributed by atoms with Crippen LogP contribution in [0, 0.1) is 0 Å². The Kier molecular flexibility index (Phi) is 5.84. The first-order chi connectivity index (χ1) is 7.64. The summed E-state index contributed by atoms with van der Waals surface area (Å²) in [5.41, 5.74) is 0. The summed E-state index contributed by atoms with van der Waals surface area (Å²) in [5.74, 6) is 0. The molecule has 2 heteroatoms. The molecule has 0 N–H and O–H groups in total. The standard InChI is InChI=1S/C6H5.C4H10N.2C2H5.Sn/c1-2-4-6-5-3-1;1-4-5(2)3;2*1-2;/h1-5H;1,4H2,2-3H3;2*1H2,2H3;. The molecule has 1 aromatic rings. The molecule has 16 heavy (non-hydrogen) atoms. The monoisotopic (exact) mass is 327 g/mol. The summed E-state index contributed by atoms with van der Waals surface area (Å²) in [6, 6.07) is 11.3. The molecule has 0 aliphatic carbocycles. The Balaban J connectivity index is 2.87. The van der Waals surface area contributed by atoms with Gasteiger partial charge in [-0.05, 0) is 0 Å². The topological polar surface area (TPSA) is 3.24 Å². The fraction of sp³-hybridized carbons (Fsp3) is 0.571. The zero-order valence-electron chi connectivity index (χ0n) is 11.2. The van der Waals surface area contributed by atoms with Crippen molar-refractivity contribution in [2.75, 3.05) is 20.6 Å². The number of benzene rings is 1. The summed E-state index contributed by atoms with van der Waals surface area (Å²) in [5, 5.41) is 0. The van der Waals surface area contributed by atoms with Crippen LogP contribution in [0.1, 0.15) is 13.8 Å². The second-order valence-electron chi connectivity index (χ2n) is 4.91. The molecule has 90 valence electrons. The van der Waals surface area contributed by atoms with Gasteiger partial charge in [-0.25, -0.2) is 0 Å². The summed E-state index contributed by atoms with van der Waals surface area (Å²) >= 11 is -2.04. The minimum atomic E-state index is -2.04. The summed E-state index contributed by atoms with van der Waals surface area (Å²) in [6.07, 6.45) is 0. The molecule has 0 unspecified atom stereocenters. The molecule has 0 fully saturated rings. The fourth-order valence-corrected chi connectivity index (χ4v) is 14.1. The molecular formula is C14H25NSn. The molecule has 0 heterocycles. The summed E-state index contributed by atoms with van der Waals surface area (Å²) in [4.78, 5) is 2.33. The molecule has 0 amide bonds. The van der Waals surface area contributed by atoms with E-state index in [2.05, 4.69) is 63.2 Å². The Bertz CT molecular complexity index is 291. The quantitative estimate of drug-likeness (QED) is 0.727. The molecule has 0 saturated heterocycles. The van der Waals surface area contributed by atoms with Gasteiger partial charge in [0, 0.05) is 0 Å². The second-order valence-corrected chi connectivity index (χ2v) is 19.3. The minimum absolute atomic E-state index is 1.26. The number of hydrogen-bond donors (Lipinski definition) is 0. The van der Waals surface area contributed by atoms with E-state index in [1.165, 1.54) is 19.9 Å². The first-order valence-corrected chi connectivity index (χ1v) is 13.8. The van der Waals surface area contributed by atoms with Crippen LogP contribution in [0.4, 0.5) is 0 Å². The molecule has 1 aromatic carbocycles. The third-order valence-electron chi connectivity index (χ3n) is 3.78. The van der Waals surface area contributed by atoms with Gasteiger partial charge in [-0.3, -0.25) is 0 Å². The fourth-order valence-electron chi connectivity index (χ4n) is 2.39. The molecule has 1 rings (SSSR count). The SMILES string of the molecule is C[CH2][Sn]([CH2]C)([CH2]CN(C)C)[c]1ccccc1. The van der Waals surface area contributed by atoms with E-state index in [-0.39, 0.29) is 0 Å². The predicted molar refractivity (Wildman–Crippen MR) is 76.2 cm³/mol. The third-order valence-corrected chi connectivity index (χ3v) is 19.3. The molecule has 0 atom stereocenters. The van der Waals surface area contributed by atoms with E-state index >= 15 is 0 Å². The molecule has 0 radical (unpaired) electrons. The van der Waals surface area contributed by atoms with E-state index < -0.39 is 18.4 Å². The van der Waals surface area contributed by atoms with E-state index in [1.807, 2.05) is 0 Å². The van der Waals surface area contributed by atoms with Gasteiger partial charge in [-0.2, -0.15) is 0 Å². The second kappa shape index (κ2) is 6.65. The van der Waals surface area contributed by atoms with Crippen LogP contribution in [-0.4, -0.2) is 43.9 Å². The average Bonchev–Trinajstić information content (AvgIpc) is 2.32. The van der Waals surface area contributed by atoms with Gasteiger partial charge in [0.1, 0.15) is 0 Å². The van der Waals surface area contributed by atoms with Crippen molar-refractivity contribution in [2.24, 2.45) is 0 Å². The van der Waals surface area contributed by atoms with Gasteiger partial charge in [0.05, 0.1) is 0 Å². The molecular weight excluding hydrogens is 301 g/mol. The van der Waals surface area contributed by atoms with Crippen molar-refractivity contribution in [3.05, 3.63) is 30.3 Å². The van der Waals surface area contributed by atoms with E-state index in [4.69, 9.17) is 0 Å². The van der Waals surface area contributed by atoms with E-state index in [0.717, 1.165) is 0 Å². The van der Waals surface area contributed by atoms with Crippen molar-refractivity contribution in [3.63, 3.8) is 0 Å². The van der Waals surface area contributed by atoms with Crippen LogP contribution in [0.25, 0.3) is 0 Å². The van der Waals surface area contributed by atoms with E-state index in [1.54, 1.807) is 3.58 Å². The summed E-state index contributed by atoms with van der Waals surface area (Å²) in [6.45, 7) is 6.07. The molecule has 0 saturated carbocycles. The predicted octanol–water partition coefficient (Wildman–Crippen LogP) is 2.94. The summed E-state index contributed by atoms with van der Waals surface area (Å²) in [7, 11) is 4.37. The van der Waals surface area contributed by atoms with Crippen LogP contribution >= 0.6 is 0 Å². The third kappa shape index (κ3) is 3.49. The first-order valence-electron chi connectivity index (χ1n) is 6.35. The zero-order valence-corrected chi connectivity index (χ0v) is 14.0. The Labute approximate surface area is 105 Å². The molecule has 1 nitrogen and oxygen atoms in total. The van der Waals surface area contributed by atoms with Crippen LogP contribution in [0.2, 0.25) is 13.3 Å². The van der Waals surface area contributed by atoms with Crippen molar-refractivity contribution >= 4 is 22.0 Å². The van der Waals surface area contributed by atoms with Crippen molar-refractivity contribution in [1.82, 2.24) is 4.90 Å². The van der Waals surface area contributed by atoms with Crippen LogP contribution in [-0.2, 0) is 0 Å². The van der Waals surface area contributed by atoms with Crippen molar-refractivity contribution in [2.45, 2.75) is 27.2 Å². The number of rotatable bonds is 6. The Morgan fingerprint density at radius 1 is 1.00 bits per heavy atom. The van der Waals surface area contributed by atoms with Gasteiger partial charge < -0.3 is 0 Å². The first kappa shape index (κ1) is 14.0. The maximum absolute atomic E-state index is 2.40. The van der Waals surface area contributed by atoms with Gasteiger partial charge in [-0.1, -0.05) is 0 Å². The molecule has 0 aliphatic heterocycles. The van der Waals surface area contributed by atoms with Crippen LogP contribution in [0.3, 0.4) is 0 Å². The van der Waals surface area contributed by atoms with Gasteiger partial charge in [0.2, 0.25) is 0 Å². The van der Waals surface area contributed by atoms with Crippen molar-refractivity contribution in [1.29, 1.82) is 0 Å². The Morgan fingerprint density at radius 3 is 2.00 bits per heavy atom. The molecule has 0 aliphatic rings. The number of hydrogen-bond acceptors (Lipinski definition) is 1. The van der Waals surface area contributed by atoms with Crippen molar-refractivity contribution < 1.29 is 0 Å². The average molecular weight is 326 g/mol. The Hall–Kier alpha value is -0.0213.